The van der Waals surface area contributed by atoms with E-state index < -0.39 is 24.5 Å². The topological polar surface area (TPSA) is 110 Å². The minimum Gasteiger partial charge on any atom is -0.390 e. The predicted octanol–water partition coefficient (Wildman–Crippen LogP) is 11.6. The Hall–Kier alpha value is -0.690. The van der Waals surface area contributed by atoms with Gasteiger partial charge in [0.2, 0.25) is 5.91 Å². The zero-order valence-corrected chi connectivity index (χ0v) is 33.0. The van der Waals surface area contributed by atoms with E-state index in [0.29, 0.717) is 12.8 Å². The molecule has 0 aromatic rings. The van der Waals surface area contributed by atoms with Crippen LogP contribution in [0.5, 0.6) is 0 Å². The maximum atomic E-state index is 12.4. The average Bonchev–Trinajstić information content (AvgIpc) is 3.09. The summed E-state index contributed by atoms with van der Waals surface area (Å²) >= 11 is 0. The molecule has 1 amide bonds. The summed E-state index contributed by atoms with van der Waals surface area (Å²) in [4.78, 5) is 12.4. The first-order valence-electron chi connectivity index (χ1n) is 22.0. The van der Waals surface area contributed by atoms with E-state index in [-0.39, 0.29) is 5.91 Å². The Labute approximate surface area is 305 Å². The van der Waals surface area contributed by atoms with Gasteiger partial charge >= 0.3 is 0 Å². The second-order valence-corrected chi connectivity index (χ2v) is 15.4. The number of aliphatic hydroxyl groups is 4. The van der Waals surface area contributed by atoms with Gasteiger partial charge in [0.1, 0.15) is 12.1 Å². The third-order valence-corrected chi connectivity index (χ3v) is 10.5. The third-order valence-electron chi connectivity index (χ3n) is 10.5. The van der Waals surface area contributed by atoms with E-state index in [9.17, 15) is 25.2 Å². The number of carbonyl (C=O) groups is 1. The molecule has 6 nitrogen and oxygen atoms in total. The second kappa shape index (κ2) is 38.5. The van der Waals surface area contributed by atoms with Crippen LogP contribution in [-0.2, 0) is 4.79 Å². The summed E-state index contributed by atoms with van der Waals surface area (Å²) in [5.74, 6) is -0.303. The van der Waals surface area contributed by atoms with Crippen LogP contribution >= 0.6 is 0 Å². The Balaban J connectivity index is 3.69. The summed E-state index contributed by atoms with van der Waals surface area (Å²) in [6.07, 6.45) is 39.9. The molecule has 0 radical (unpaired) electrons. The van der Waals surface area contributed by atoms with Crippen molar-refractivity contribution in [3.05, 3.63) is 0 Å². The molecule has 294 valence electrons. The maximum absolute atomic E-state index is 12.4. The molecule has 6 heteroatoms. The Morgan fingerprint density at radius 3 is 0.959 bits per heavy atom. The Kier molecular flexibility index (Phi) is 38.0. The van der Waals surface area contributed by atoms with Gasteiger partial charge in [0.25, 0.3) is 0 Å². The van der Waals surface area contributed by atoms with Crippen LogP contribution in [0.2, 0.25) is 0 Å². The number of unbranched alkanes of at least 4 members (excludes halogenated alkanes) is 32. The fraction of sp³-hybridized carbons (Fsp3) is 0.977. The van der Waals surface area contributed by atoms with Crippen molar-refractivity contribution >= 4 is 5.91 Å². The van der Waals surface area contributed by atoms with E-state index in [4.69, 9.17) is 0 Å². The van der Waals surface area contributed by atoms with Crippen LogP contribution in [0.4, 0.5) is 0 Å². The number of rotatable bonds is 40. The molecule has 0 aliphatic heterocycles. The van der Waals surface area contributed by atoms with Gasteiger partial charge in [-0.15, -0.1) is 0 Å². The largest absolute Gasteiger partial charge is 0.390 e. The molecule has 0 saturated heterocycles. The highest BCUT2D eigenvalue weighted by Crippen LogP contribution is 2.17. The Morgan fingerprint density at radius 2 is 0.673 bits per heavy atom. The minimum atomic E-state index is -1.92. The van der Waals surface area contributed by atoms with E-state index in [1.54, 1.807) is 0 Å². The van der Waals surface area contributed by atoms with Gasteiger partial charge in [0, 0.05) is 6.42 Å². The highest BCUT2D eigenvalue weighted by atomic mass is 16.5. The van der Waals surface area contributed by atoms with Gasteiger partial charge in [-0.05, 0) is 12.8 Å². The van der Waals surface area contributed by atoms with Crippen molar-refractivity contribution in [2.24, 2.45) is 0 Å². The van der Waals surface area contributed by atoms with Crippen molar-refractivity contribution in [2.75, 3.05) is 0 Å². The van der Waals surface area contributed by atoms with Gasteiger partial charge in [-0.3, -0.25) is 4.79 Å². The number of nitrogens with one attached hydrogen (secondary N) is 1. The van der Waals surface area contributed by atoms with Crippen LogP contribution < -0.4 is 5.32 Å². The molecular formula is C43H87NO5. The molecule has 0 fully saturated rings. The van der Waals surface area contributed by atoms with Gasteiger partial charge in [-0.2, -0.15) is 0 Å². The van der Waals surface area contributed by atoms with Crippen molar-refractivity contribution in [3.63, 3.8) is 0 Å². The van der Waals surface area contributed by atoms with E-state index in [1.807, 2.05) is 0 Å². The second-order valence-electron chi connectivity index (χ2n) is 15.4. The van der Waals surface area contributed by atoms with Crippen molar-refractivity contribution in [2.45, 2.75) is 270 Å². The normalized spacial score (nSPS) is 13.6. The molecule has 0 aliphatic rings. The number of carbonyl (C=O) groups excluding carboxylic acids is 1. The van der Waals surface area contributed by atoms with E-state index in [1.165, 1.54) is 180 Å². The number of aliphatic hydroxyl groups excluding tert-OH is 3. The quantitative estimate of drug-likeness (QED) is 0.0323. The van der Waals surface area contributed by atoms with Gasteiger partial charge in [0.15, 0.2) is 6.29 Å². The zero-order valence-electron chi connectivity index (χ0n) is 33.0. The molecule has 0 aromatic heterocycles. The summed E-state index contributed by atoms with van der Waals surface area (Å²) in [5, 5.41) is 43.2. The van der Waals surface area contributed by atoms with Crippen molar-refractivity contribution in [1.29, 1.82) is 0 Å². The molecular weight excluding hydrogens is 610 g/mol. The molecule has 0 aromatic carbocycles. The molecule has 0 heterocycles. The van der Waals surface area contributed by atoms with Crippen molar-refractivity contribution in [1.82, 2.24) is 5.32 Å². The highest BCUT2D eigenvalue weighted by molar-refractivity contribution is 5.76. The molecule has 0 spiro atoms. The number of hydrogen-bond acceptors (Lipinski definition) is 5. The van der Waals surface area contributed by atoms with E-state index in [2.05, 4.69) is 19.2 Å². The monoisotopic (exact) mass is 698 g/mol. The first kappa shape index (κ1) is 48.3. The first-order chi connectivity index (χ1) is 23.9. The Morgan fingerprint density at radius 1 is 0.408 bits per heavy atom. The smallest absolute Gasteiger partial charge is 0.220 e. The van der Waals surface area contributed by atoms with Crippen LogP contribution in [0, 0.1) is 0 Å². The van der Waals surface area contributed by atoms with Gasteiger partial charge in [-0.1, -0.05) is 226 Å². The molecule has 0 aliphatic carbocycles. The zero-order chi connectivity index (χ0) is 36.0. The molecule has 3 atom stereocenters. The van der Waals surface area contributed by atoms with E-state index >= 15 is 0 Å². The van der Waals surface area contributed by atoms with Gasteiger partial charge in [0.05, 0.1) is 6.10 Å². The van der Waals surface area contributed by atoms with E-state index in [0.717, 1.165) is 38.5 Å². The summed E-state index contributed by atoms with van der Waals surface area (Å²) in [5.41, 5.74) is 0. The molecule has 0 saturated carbocycles. The first-order valence-corrected chi connectivity index (χ1v) is 22.0. The van der Waals surface area contributed by atoms with Crippen LogP contribution in [-0.4, -0.2) is 50.9 Å². The third kappa shape index (κ3) is 34.2. The minimum absolute atomic E-state index is 0.295. The number of hydrogen-bond donors (Lipinski definition) is 5. The van der Waals surface area contributed by atoms with Crippen LogP contribution in [0.1, 0.15) is 245 Å². The molecule has 0 rings (SSSR count). The summed E-state index contributed by atoms with van der Waals surface area (Å²) < 4.78 is 0. The van der Waals surface area contributed by atoms with Crippen molar-refractivity contribution < 1.29 is 25.2 Å². The summed E-state index contributed by atoms with van der Waals surface area (Å²) in [6, 6.07) is -1.28. The fourth-order valence-electron chi connectivity index (χ4n) is 7.09. The van der Waals surface area contributed by atoms with Crippen LogP contribution in [0.25, 0.3) is 0 Å². The Bertz CT molecular complexity index is 660. The molecule has 49 heavy (non-hydrogen) atoms. The number of amides is 1. The van der Waals surface area contributed by atoms with Crippen LogP contribution in [0.3, 0.4) is 0 Å². The van der Waals surface area contributed by atoms with Crippen LogP contribution in [0.15, 0.2) is 0 Å². The summed E-state index contributed by atoms with van der Waals surface area (Å²) in [7, 11) is 0. The van der Waals surface area contributed by atoms with Gasteiger partial charge in [-0.25, -0.2) is 0 Å². The molecule has 5 N–H and O–H groups in total. The lowest BCUT2D eigenvalue weighted by atomic mass is 9.98. The lowest BCUT2D eigenvalue weighted by Crippen LogP contribution is -2.54. The average molecular weight is 698 g/mol. The maximum Gasteiger partial charge on any atom is 0.220 e. The fourth-order valence-corrected chi connectivity index (χ4v) is 7.09. The predicted molar refractivity (Wildman–Crippen MR) is 210 cm³/mol. The highest BCUT2D eigenvalue weighted by Gasteiger charge is 2.32. The lowest BCUT2D eigenvalue weighted by molar-refractivity contribution is -0.140. The summed E-state index contributed by atoms with van der Waals surface area (Å²) in [6.45, 7) is 4.54. The molecule has 0 unspecified atom stereocenters. The standard InChI is InChI=1S/C43H87NO5/c1-3-5-7-9-11-13-15-17-19-20-21-22-24-25-27-29-31-33-35-37-39(45)42(47)41(43(48)49)44-40(46)38-36-34-32-30-28-26-23-18-16-14-12-10-8-6-4-2/h39,41-43,45,47-49H,3-38H2,1-2H3,(H,44,46)/t39-,41+,42-/m1/s1. The van der Waals surface area contributed by atoms with Gasteiger partial charge < -0.3 is 25.7 Å². The van der Waals surface area contributed by atoms with Crippen molar-refractivity contribution in [3.8, 4) is 0 Å². The lowest BCUT2D eigenvalue weighted by Gasteiger charge is -2.29. The molecule has 0 bridgehead atoms. The SMILES string of the molecule is CCCCCCCCCCCCCCCCCCCCC[C@@H](O)[C@@H](O)[C@H](NC(=O)CCCCCCCCCCCCCCCCC)C(O)O.